The number of likely N-dealkylation sites (tertiary alicyclic amines) is 1. The summed E-state index contributed by atoms with van der Waals surface area (Å²) in [6, 6.07) is 4.70. The molecule has 0 aliphatic carbocycles. The normalized spacial score (nSPS) is 15.5. The molecule has 0 spiro atoms. The molecular formula is C25H29N7O. The molecule has 5 heterocycles. The van der Waals surface area contributed by atoms with Gasteiger partial charge in [0.1, 0.15) is 0 Å². The van der Waals surface area contributed by atoms with Crippen molar-refractivity contribution in [3.8, 4) is 11.3 Å². The maximum atomic E-state index is 12.7. The van der Waals surface area contributed by atoms with Crippen LogP contribution in [-0.2, 0) is 6.42 Å². The second-order valence-electron chi connectivity index (χ2n) is 9.24. The van der Waals surface area contributed by atoms with Crippen molar-refractivity contribution in [3.05, 3.63) is 60.6 Å². The second kappa shape index (κ2) is 8.86. The monoisotopic (exact) mass is 443 g/mol. The number of rotatable bonds is 6. The van der Waals surface area contributed by atoms with Crippen molar-refractivity contribution < 1.29 is 4.79 Å². The molecule has 0 atom stereocenters. The van der Waals surface area contributed by atoms with Crippen LogP contribution in [0.2, 0.25) is 0 Å². The summed E-state index contributed by atoms with van der Waals surface area (Å²) in [7, 11) is 2.17. The summed E-state index contributed by atoms with van der Waals surface area (Å²) in [6.45, 7) is 6.27. The van der Waals surface area contributed by atoms with E-state index in [4.69, 9.17) is 0 Å². The van der Waals surface area contributed by atoms with E-state index in [1.54, 1.807) is 23.3 Å². The van der Waals surface area contributed by atoms with Crippen molar-refractivity contribution in [2.24, 2.45) is 0 Å². The van der Waals surface area contributed by atoms with Gasteiger partial charge >= 0.3 is 0 Å². The average Bonchev–Trinajstić information content (AvgIpc) is 3.50. The van der Waals surface area contributed by atoms with Crippen LogP contribution in [0.25, 0.3) is 22.0 Å². The smallest absolute Gasteiger partial charge is 0.171 e. The highest BCUT2D eigenvalue weighted by atomic mass is 16.1. The van der Waals surface area contributed by atoms with Crippen LogP contribution in [0, 0.1) is 0 Å². The van der Waals surface area contributed by atoms with Gasteiger partial charge in [-0.3, -0.25) is 24.1 Å². The Morgan fingerprint density at radius 1 is 1.00 bits per heavy atom. The Morgan fingerprint density at radius 3 is 2.55 bits per heavy atom. The fraction of sp³-hybridized carbons (Fsp3) is 0.400. The molecule has 8 heteroatoms. The third-order valence-corrected chi connectivity index (χ3v) is 6.41. The van der Waals surface area contributed by atoms with Gasteiger partial charge < -0.3 is 4.90 Å². The lowest BCUT2D eigenvalue weighted by Gasteiger charge is -2.28. The van der Waals surface area contributed by atoms with Gasteiger partial charge in [0, 0.05) is 47.5 Å². The van der Waals surface area contributed by atoms with Crippen LogP contribution in [0.4, 0.5) is 0 Å². The maximum absolute atomic E-state index is 12.7. The number of fused-ring (bicyclic) bond motifs is 1. The SMILES string of the molecule is CC(C)n1cc(C(=O)Cc2cc3cc(-c4cnn(C5CCN(C)CC5)c4)ncc3cn2)cn1. The Labute approximate surface area is 193 Å². The lowest BCUT2D eigenvalue weighted by Crippen LogP contribution is -2.31. The summed E-state index contributed by atoms with van der Waals surface area (Å²) < 4.78 is 3.88. The molecule has 1 fully saturated rings. The molecule has 0 saturated carbocycles. The Morgan fingerprint density at radius 2 is 1.79 bits per heavy atom. The lowest BCUT2D eigenvalue weighted by atomic mass is 10.1. The first-order chi connectivity index (χ1) is 16.0. The van der Waals surface area contributed by atoms with E-state index in [-0.39, 0.29) is 18.2 Å². The van der Waals surface area contributed by atoms with Crippen molar-refractivity contribution >= 4 is 16.6 Å². The number of ketones is 1. The van der Waals surface area contributed by atoms with Crippen LogP contribution in [0.5, 0.6) is 0 Å². The van der Waals surface area contributed by atoms with Crippen molar-refractivity contribution in [3.63, 3.8) is 0 Å². The van der Waals surface area contributed by atoms with Crippen molar-refractivity contribution in [2.75, 3.05) is 20.1 Å². The molecule has 33 heavy (non-hydrogen) atoms. The standard InChI is InChI=1S/C25H29N7O/c1-17(2)31-16-21(14-28-31)25(33)10-22-8-18-9-24(27-12-19(18)11-26-22)20-13-29-32(15-20)23-4-6-30(3)7-5-23/h8-9,11-17,23H,4-7,10H2,1-3H3. The zero-order chi connectivity index (χ0) is 22.9. The van der Waals surface area contributed by atoms with Gasteiger partial charge in [0.2, 0.25) is 0 Å². The third-order valence-electron chi connectivity index (χ3n) is 6.41. The molecule has 8 nitrogen and oxygen atoms in total. The second-order valence-corrected chi connectivity index (χ2v) is 9.24. The number of hydrogen-bond acceptors (Lipinski definition) is 6. The van der Waals surface area contributed by atoms with Gasteiger partial charge in [-0.25, -0.2) is 0 Å². The van der Waals surface area contributed by atoms with E-state index in [0.29, 0.717) is 11.6 Å². The average molecular weight is 444 g/mol. The number of aromatic nitrogens is 6. The minimum absolute atomic E-state index is 0.0161. The van der Waals surface area contributed by atoms with Gasteiger partial charge in [-0.1, -0.05) is 0 Å². The van der Waals surface area contributed by atoms with Crippen molar-refractivity contribution in [1.82, 2.24) is 34.4 Å². The fourth-order valence-corrected chi connectivity index (χ4v) is 4.30. The third kappa shape index (κ3) is 4.57. The highest BCUT2D eigenvalue weighted by Crippen LogP contribution is 2.26. The molecule has 0 N–H and O–H groups in total. The minimum atomic E-state index is 0.0161. The number of piperidine rings is 1. The summed E-state index contributed by atoms with van der Waals surface area (Å²) in [6.07, 6.45) is 13.5. The number of Topliss-reactive ketones (excluding diaryl/α,β-unsaturated/α-hetero) is 1. The molecule has 4 aromatic rings. The zero-order valence-electron chi connectivity index (χ0n) is 19.3. The zero-order valence-corrected chi connectivity index (χ0v) is 19.3. The topological polar surface area (TPSA) is 81.7 Å². The van der Waals surface area contributed by atoms with E-state index < -0.39 is 0 Å². The number of pyridine rings is 2. The molecule has 0 unspecified atom stereocenters. The molecule has 0 amide bonds. The van der Waals surface area contributed by atoms with Crippen LogP contribution >= 0.6 is 0 Å². The van der Waals surface area contributed by atoms with E-state index in [0.717, 1.165) is 53.7 Å². The van der Waals surface area contributed by atoms with Gasteiger partial charge in [0.25, 0.3) is 0 Å². The van der Waals surface area contributed by atoms with Gasteiger partial charge in [0.05, 0.1) is 36.1 Å². The highest BCUT2D eigenvalue weighted by molar-refractivity contribution is 5.97. The van der Waals surface area contributed by atoms with Crippen molar-refractivity contribution in [2.45, 2.75) is 45.2 Å². The van der Waals surface area contributed by atoms with E-state index in [9.17, 15) is 4.79 Å². The summed E-state index contributed by atoms with van der Waals surface area (Å²) in [5.74, 6) is 0.0161. The van der Waals surface area contributed by atoms with Crippen LogP contribution < -0.4 is 0 Å². The minimum Gasteiger partial charge on any atom is -0.306 e. The molecule has 0 aromatic carbocycles. The Balaban J connectivity index is 1.35. The van der Waals surface area contributed by atoms with Gasteiger partial charge in [-0.2, -0.15) is 10.2 Å². The summed E-state index contributed by atoms with van der Waals surface area (Å²) in [4.78, 5) is 24.2. The molecule has 170 valence electrons. The maximum Gasteiger partial charge on any atom is 0.171 e. The number of carbonyl (C=O) groups excluding carboxylic acids is 1. The summed E-state index contributed by atoms with van der Waals surface area (Å²) in [5.41, 5.74) is 3.24. The van der Waals surface area contributed by atoms with Crippen LogP contribution in [-0.4, -0.2) is 60.3 Å². The Bertz CT molecular complexity index is 1280. The van der Waals surface area contributed by atoms with Gasteiger partial charge in [-0.15, -0.1) is 0 Å². The lowest BCUT2D eigenvalue weighted by molar-refractivity contribution is 0.0992. The first-order valence-corrected chi connectivity index (χ1v) is 11.5. The van der Waals surface area contributed by atoms with Gasteiger partial charge in [-0.05, 0) is 64.3 Å². The fourth-order valence-electron chi connectivity index (χ4n) is 4.30. The quantitative estimate of drug-likeness (QED) is 0.420. The number of carbonyl (C=O) groups is 1. The van der Waals surface area contributed by atoms with E-state index in [1.807, 2.05) is 32.3 Å². The number of hydrogen-bond donors (Lipinski definition) is 0. The highest BCUT2D eigenvalue weighted by Gasteiger charge is 2.19. The van der Waals surface area contributed by atoms with E-state index in [2.05, 4.69) is 49.1 Å². The largest absolute Gasteiger partial charge is 0.306 e. The van der Waals surface area contributed by atoms with Crippen molar-refractivity contribution in [1.29, 1.82) is 0 Å². The Kier molecular flexibility index (Phi) is 5.76. The first-order valence-electron chi connectivity index (χ1n) is 11.5. The summed E-state index contributed by atoms with van der Waals surface area (Å²) in [5, 5.41) is 10.9. The van der Waals surface area contributed by atoms with E-state index in [1.165, 1.54) is 0 Å². The molecule has 4 aromatic heterocycles. The molecular weight excluding hydrogens is 414 g/mol. The molecule has 0 bridgehead atoms. The predicted molar refractivity (Wildman–Crippen MR) is 127 cm³/mol. The first kappa shape index (κ1) is 21.5. The number of nitrogens with zero attached hydrogens (tertiary/aromatic N) is 7. The van der Waals surface area contributed by atoms with E-state index >= 15 is 0 Å². The van der Waals surface area contributed by atoms with Crippen LogP contribution in [0.3, 0.4) is 0 Å². The molecule has 1 aliphatic heterocycles. The molecule has 0 radical (unpaired) electrons. The summed E-state index contributed by atoms with van der Waals surface area (Å²) >= 11 is 0. The van der Waals surface area contributed by atoms with Crippen LogP contribution in [0.1, 0.15) is 54.8 Å². The van der Waals surface area contributed by atoms with Gasteiger partial charge in [0.15, 0.2) is 5.78 Å². The molecule has 1 saturated heterocycles. The molecule has 5 rings (SSSR count). The molecule has 1 aliphatic rings. The van der Waals surface area contributed by atoms with Crippen LogP contribution in [0.15, 0.2) is 49.3 Å². The predicted octanol–water partition coefficient (Wildman–Crippen LogP) is 3.96. The Hall–Kier alpha value is -3.39.